The van der Waals surface area contributed by atoms with Gasteiger partial charge in [-0.05, 0) is 27.7 Å². The van der Waals surface area contributed by atoms with Crippen LogP contribution in [0.15, 0.2) is 0 Å². The smallest absolute Gasteiger partial charge is 0.323 e. The Balaban J connectivity index is 5.22. The van der Waals surface area contributed by atoms with E-state index in [0.717, 1.165) is 0 Å². The average Bonchev–Trinajstić information content (AvgIpc) is 2.35. The third kappa shape index (κ3) is 6.77. The molecule has 0 radical (unpaired) electrons. The van der Waals surface area contributed by atoms with Gasteiger partial charge in [-0.3, -0.25) is 4.79 Å². The van der Waals surface area contributed by atoms with Crippen molar-refractivity contribution in [2.45, 2.75) is 39.3 Å². The molecule has 0 aliphatic heterocycles. The van der Waals surface area contributed by atoms with Crippen molar-refractivity contribution < 1.29 is 24.2 Å². The molecule has 0 aromatic rings. The fourth-order valence-corrected chi connectivity index (χ4v) is 1.91. The average molecular weight is 304 g/mol. The van der Waals surface area contributed by atoms with Crippen LogP contribution in [0, 0.1) is 0 Å². The second-order valence-corrected chi connectivity index (χ2v) is 5.92. The van der Waals surface area contributed by atoms with E-state index in [2.05, 4.69) is 0 Å². The van der Waals surface area contributed by atoms with E-state index in [-0.39, 0.29) is 18.6 Å². The minimum Gasteiger partial charge on any atom is -0.480 e. The number of aliphatic carboxylic acids is 1. The SMILES string of the molecule is COCCN(C(=O)N(CC(=O)O)C(C)(C)C)C(C)COC. The molecule has 21 heavy (non-hydrogen) atoms. The van der Waals surface area contributed by atoms with Crippen molar-refractivity contribution in [3.63, 3.8) is 0 Å². The van der Waals surface area contributed by atoms with E-state index in [1.807, 2.05) is 27.7 Å². The van der Waals surface area contributed by atoms with Crippen LogP contribution >= 0.6 is 0 Å². The van der Waals surface area contributed by atoms with Gasteiger partial charge in [-0.15, -0.1) is 0 Å². The molecule has 0 heterocycles. The highest BCUT2D eigenvalue weighted by Gasteiger charge is 2.33. The molecule has 0 rings (SSSR count). The maximum Gasteiger partial charge on any atom is 0.323 e. The zero-order chi connectivity index (χ0) is 16.6. The minimum absolute atomic E-state index is 0.170. The predicted octanol–water partition coefficient (Wildman–Crippen LogP) is 1.27. The third-order valence-corrected chi connectivity index (χ3v) is 3.06. The number of ether oxygens (including phenoxy) is 2. The molecule has 2 amide bonds. The summed E-state index contributed by atoms with van der Waals surface area (Å²) < 4.78 is 10.1. The molecular formula is C14H28N2O5. The molecule has 0 spiro atoms. The van der Waals surface area contributed by atoms with Crippen LogP contribution in [0.2, 0.25) is 0 Å². The molecule has 1 N–H and O–H groups in total. The van der Waals surface area contributed by atoms with E-state index in [9.17, 15) is 9.59 Å². The number of rotatable bonds is 8. The Hall–Kier alpha value is -1.34. The van der Waals surface area contributed by atoms with Gasteiger partial charge >= 0.3 is 12.0 Å². The highest BCUT2D eigenvalue weighted by Crippen LogP contribution is 2.17. The third-order valence-electron chi connectivity index (χ3n) is 3.06. The Labute approximate surface area is 126 Å². The molecule has 0 bridgehead atoms. The maximum absolute atomic E-state index is 12.7. The lowest BCUT2D eigenvalue weighted by molar-refractivity contribution is -0.138. The lowest BCUT2D eigenvalue weighted by atomic mass is 10.1. The van der Waals surface area contributed by atoms with E-state index >= 15 is 0 Å². The van der Waals surface area contributed by atoms with E-state index < -0.39 is 11.5 Å². The fraction of sp³-hybridized carbons (Fsp3) is 0.857. The summed E-state index contributed by atoms with van der Waals surface area (Å²) in [5.74, 6) is -1.04. The van der Waals surface area contributed by atoms with Gasteiger partial charge < -0.3 is 24.4 Å². The summed E-state index contributed by atoms with van der Waals surface area (Å²) in [6.45, 7) is 8.08. The second kappa shape index (κ2) is 8.84. The summed E-state index contributed by atoms with van der Waals surface area (Å²) in [6, 6.07) is -0.497. The number of carbonyl (C=O) groups excluding carboxylic acids is 1. The number of carbonyl (C=O) groups is 2. The fourth-order valence-electron chi connectivity index (χ4n) is 1.91. The van der Waals surface area contributed by atoms with Gasteiger partial charge in [-0.1, -0.05) is 0 Å². The van der Waals surface area contributed by atoms with Crippen LogP contribution in [-0.2, 0) is 14.3 Å². The molecule has 0 aliphatic rings. The van der Waals surface area contributed by atoms with E-state index in [4.69, 9.17) is 14.6 Å². The molecule has 0 aromatic carbocycles. The number of hydrogen-bond acceptors (Lipinski definition) is 4. The van der Waals surface area contributed by atoms with Crippen molar-refractivity contribution >= 4 is 12.0 Å². The van der Waals surface area contributed by atoms with Crippen molar-refractivity contribution in [3.8, 4) is 0 Å². The molecule has 0 fully saturated rings. The molecular weight excluding hydrogens is 276 g/mol. The molecule has 124 valence electrons. The zero-order valence-corrected chi connectivity index (χ0v) is 13.9. The molecule has 0 aliphatic carbocycles. The Bertz CT molecular complexity index is 341. The van der Waals surface area contributed by atoms with Crippen LogP contribution in [-0.4, -0.2) is 79.0 Å². The highest BCUT2D eigenvalue weighted by molar-refractivity contribution is 5.81. The molecule has 1 atom stereocenters. The predicted molar refractivity (Wildman–Crippen MR) is 79.4 cm³/mol. The van der Waals surface area contributed by atoms with Gasteiger partial charge in [0.1, 0.15) is 6.54 Å². The maximum atomic E-state index is 12.7. The van der Waals surface area contributed by atoms with Gasteiger partial charge in [0.25, 0.3) is 0 Å². The molecule has 7 heteroatoms. The molecule has 0 saturated carbocycles. The summed E-state index contributed by atoms with van der Waals surface area (Å²) in [5, 5.41) is 9.03. The summed E-state index contributed by atoms with van der Waals surface area (Å²) >= 11 is 0. The Morgan fingerprint density at radius 3 is 2.14 bits per heavy atom. The largest absolute Gasteiger partial charge is 0.480 e. The molecule has 0 aromatic heterocycles. The lowest BCUT2D eigenvalue weighted by Gasteiger charge is -2.40. The number of carboxylic acid groups (broad SMARTS) is 1. The number of hydrogen-bond donors (Lipinski definition) is 1. The first kappa shape index (κ1) is 19.7. The first-order valence-corrected chi connectivity index (χ1v) is 6.93. The number of methoxy groups -OCH3 is 2. The van der Waals surface area contributed by atoms with Crippen molar-refractivity contribution in [3.05, 3.63) is 0 Å². The van der Waals surface area contributed by atoms with Gasteiger partial charge in [0.15, 0.2) is 0 Å². The van der Waals surface area contributed by atoms with Gasteiger partial charge in [0.05, 0.1) is 19.3 Å². The van der Waals surface area contributed by atoms with E-state index in [0.29, 0.717) is 19.8 Å². The monoisotopic (exact) mass is 304 g/mol. The normalized spacial score (nSPS) is 12.9. The van der Waals surface area contributed by atoms with Crippen LogP contribution < -0.4 is 0 Å². The molecule has 7 nitrogen and oxygen atoms in total. The van der Waals surface area contributed by atoms with Gasteiger partial charge in [-0.25, -0.2) is 4.79 Å². The first-order chi connectivity index (χ1) is 9.65. The summed E-state index contributed by atoms with van der Waals surface area (Å²) in [5.41, 5.74) is -0.590. The van der Waals surface area contributed by atoms with Crippen molar-refractivity contribution in [1.82, 2.24) is 9.80 Å². The van der Waals surface area contributed by atoms with Gasteiger partial charge in [-0.2, -0.15) is 0 Å². The van der Waals surface area contributed by atoms with Crippen LogP contribution in [0.4, 0.5) is 4.79 Å². The van der Waals surface area contributed by atoms with Gasteiger partial charge in [0, 0.05) is 26.3 Å². The number of amides is 2. The van der Waals surface area contributed by atoms with Gasteiger partial charge in [0.2, 0.25) is 0 Å². The quantitative estimate of drug-likeness (QED) is 0.730. The minimum atomic E-state index is -1.04. The van der Waals surface area contributed by atoms with Crippen LogP contribution in [0.5, 0.6) is 0 Å². The Morgan fingerprint density at radius 1 is 1.19 bits per heavy atom. The first-order valence-electron chi connectivity index (χ1n) is 6.93. The standard InChI is InChI=1S/C14H28N2O5/c1-11(10-21-6)15(7-8-20-5)13(19)16(9-12(17)18)14(2,3)4/h11H,7-10H2,1-6H3,(H,17,18). The van der Waals surface area contributed by atoms with E-state index in [1.54, 1.807) is 19.1 Å². The molecule has 1 unspecified atom stereocenters. The van der Waals surface area contributed by atoms with Crippen LogP contribution in [0.25, 0.3) is 0 Å². The zero-order valence-electron chi connectivity index (χ0n) is 13.9. The van der Waals surface area contributed by atoms with Crippen LogP contribution in [0.3, 0.4) is 0 Å². The van der Waals surface area contributed by atoms with E-state index in [1.165, 1.54) is 4.90 Å². The Kier molecular flexibility index (Phi) is 8.27. The molecule has 0 saturated heterocycles. The Morgan fingerprint density at radius 2 is 1.76 bits per heavy atom. The van der Waals surface area contributed by atoms with Crippen molar-refractivity contribution in [2.75, 3.05) is 40.5 Å². The number of carboxylic acids is 1. The van der Waals surface area contributed by atoms with Crippen molar-refractivity contribution in [1.29, 1.82) is 0 Å². The van der Waals surface area contributed by atoms with Crippen LogP contribution in [0.1, 0.15) is 27.7 Å². The number of urea groups is 1. The summed E-state index contributed by atoms with van der Waals surface area (Å²) in [6.07, 6.45) is 0. The highest BCUT2D eigenvalue weighted by atomic mass is 16.5. The lowest BCUT2D eigenvalue weighted by Crippen LogP contribution is -2.56. The topological polar surface area (TPSA) is 79.3 Å². The number of nitrogens with zero attached hydrogens (tertiary/aromatic N) is 2. The summed E-state index contributed by atoms with van der Waals surface area (Å²) in [4.78, 5) is 26.7. The summed E-state index contributed by atoms with van der Waals surface area (Å²) in [7, 11) is 3.12. The second-order valence-electron chi connectivity index (χ2n) is 5.92. The van der Waals surface area contributed by atoms with Crippen molar-refractivity contribution in [2.24, 2.45) is 0 Å².